The van der Waals surface area contributed by atoms with E-state index in [1.165, 1.54) is 55.1 Å². The quantitative estimate of drug-likeness (QED) is 0.416. The number of hydrogen-bond acceptors (Lipinski definition) is 0. The third-order valence-corrected chi connectivity index (χ3v) is 5.51. The second kappa shape index (κ2) is 9.66. The van der Waals surface area contributed by atoms with E-state index in [4.69, 9.17) is 27.9 Å². The van der Waals surface area contributed by atoms with Crippen LogP contribution in [0.25, 0.3) is 0 Å². The summed E-state index contributed by atoms with van der Waals surface area (Å²) in [6.07, 6.45) is 20.2. The molecule has 3 aliphatic rings. The molecule has 0 atom stereocenters. The summed E-state index contributed by atoms with van der Waals surface area (Å²) in [5, 5.41) is 0. The number of halogens is 3. The van der Waals surface area contributed by atoms with Gasteiger partial charge >= 0.3 is 42.6 Å². The predicted octanol–water partition coefficient (Wildman–Crippen LogP) is 7.53. The summed E-state index contributed by atoms with van der Waals surface area (Å²) in [5.41, 5.74) is 3.07. The van der Waals surface area contributed by atoms with Crippen molar-refractivity contribution in [2.24, 2.45) is 0 Å². The van der Waals surface area contributed by atoms with Gasteiger partial charge < -0.3 is 0 Å². The first-order valence-electron chi connectivity index (χ1n) is 9.08. The van der Waals surface area contributed by atoms with Crippen molar-refractivity contribution in [3.05, 3.63) is 90.3 Å². The van der Waals surface area contributed by atoms with Gasteiger partial charge in [0.2, 0.25) is 0 Å². The van der Waals surface area contributed by atoms with Crippen LogP contribution >= 0.6 is 27.9 Å². The van der Waals surface area contributed by atoms with Gasteiger partial charge in [0.1, 0.15) is 0 Å². The Morgan fingerprint density at radius 3 is 2.12 bits per heavy atom. The average Bonchev–Trinajstić information content (AvgIpc) is 3.07. The summed E-state index contributed by atoms with van der Waals surface area (Å²) in [6.45, 7) is 2.18. The molecule has 0 spiro atoms. The molecule has 0 nitrogen and oxygen atoms in total. The molecule has 0 aromatic heterocycles. The van der Waals surface area contributed by atoms with Gasteiger partial charge in [-0.3, -0.25) is 0 Å². The SMILES string of the molecule is Cc1ccc(C2([C]3[CH][CH][C]4C=CC=C[C]43)CCCCC2)cc1.[Cl][Ti+]([Cl])[Cl]. The van der Waals surface area contributed by atoms with E-state index in [1.54, 1.807) is 5.92 Å². The maximum atomic E-state index is 4.97. The number of hydrogen-bond donors (Lipinski definition) is 0. The van der Waals surface area contributed by atoms with Crippen LogP contribution in [0.2, 0.25) is 0 Å². The van der Waals surface area contributed by atoms with Crippen molar-refractivity contribution in [3.8, 4) is 0 Å². The van der Waals surface area contributed by atoms with Crippen molar-refractivity contribution in [2.75, 3.05) is 0 Å². The molecule has 3 aliphatic carbocycles. The summed E-state index contributed by atoms with van der Waals surface area (Å²) in [7, 11) is 14.9. The Kier molecular flexibility index (Phi) is 7.81. The summed E-state index contributed by atoms with van der Waals surface area (Å²) in [5.74, 6) is 4.38. The van der Waals surface area contributed by atoms with Gasteiger partial charge in [-0.05, 0) is 38.2 Å². The molecule has 5 radical (unpaired) electrons. The first-order chi connectivity index (χ1) is 12.5. The van der Waals surface area contributed by atoms with Crippen LogP contribution in [0.3, 0.4) is 0 Å². The number of allylic oxidation sites excluding steroid dienone is 4. The van der Waals surface area contributed by atoms with Crippen molar-refractivity contribution in [1.29, 1.82) is 0 Å². The summed E-state index contributed by atoms with van der Waals surface area (Å²) in [4.78, 5) is 0. The molecule has 0 aliphatic heterocycles. The molecule has 2 saturated carbocycles. The molecule has 0 bridgehead atoms. The van der Waals surface area contributed by atoms with Crippen LogP contribution in [-0.4, -0.2) is 0 Å². The third kappa shape index (κ3) is 4.82. The van der Waals surface area contributed by atoms with E-state index >= 15 is 0 Å². The molecule has 0 unspecified atom stereocenters. The van der Waals surface area contributed by atoms with Crippen LogP contribution in [0, 0.1) is 37.5 Å². The maximum absolute atomic E-state index is 4.97. The first kappa shape index (κ1) is 21.0. The third-order valence-electron chi connectivity index (χ3n) is 5.51. The molecule has 0 amide bonds. The van der Waals surface area contributed by atoms with E-state index in [-0.39, 0.29) is 5.41 Å². The molecule has 0 heterocycles. The van der Waals surface area contributed by atoms with E-state index in [9.17, 15) is 0 Å². The van der Waals surface area contributed by atoms with Gasteiger partial charge in [0.25, 0.3) is 0 Å². The standard InChI is InChI=1S/C22H23.3ClH.Ti/c1-17-9-12-19(13-10-17)22(15-5-2-6-16-22)21-14-11-18-7-3-4-8-20(18)21;;;;/h3-4,7-14H,2,5-6,15-16H2,1H3;3*1H;/q;;;;+4/p-3. The van der Waals surface area contributed by atoms with E-state index in [0.29, 0.717) is 0 Å². The van der Waals surface area contributed by atoms with E-state index in [0.717, 1.165) is 0 Å². The fourth-order valence-corrected chi connectivity index (χ4v) is 4.31. The van der Waals surface area contributed by atoms with Gasteiger partial charge in [0.05, 0.1) is 0 Å². The van der Waals surface area contributed by atoms with Crippen LogP contribution in [0.1, 0.15) is 43.2 Å². The van der Waals surface area contributed by atoms with Crippen LogP contribution in [-0.2, 0) is 20.1 Å². The second-order valence-electron chi connectivity index (χ2n) is 7.06. The van der Waals surface area contributed by atoms with Crippen molar-refractivity contribution in [2.45, 2.75) is 44.4 Å². The fraction of sp³-hybridized carbons (Fsp3) is 0.318. The zero-order valence-electron chi connectivity index (χ0n) is 14.9. The molecular weight excluding hydrogens is 418 g/mol. The van der Waals surface area contributed by atoms with Crippen LogP contribution in [0.15, 0.2) is 48.6 Å². The van der Waals surface area contributed by atoms with Crippen LogP contribution < -0.4 is 0 Å². The minimum atomic E-state index is -1.92. The minimum absolute atomic E-state index is 0.217. The zero-order valence-corrected chi connectivity index (χ0v) is 18.8. The van der Waals surface area contributed by atoms with Crippen molar-refractivity contribution >= 4 is 27.9 Å². The Morgan fingerprint density at radius 1 is 0.846 bits per heavy atom. The predicted molar refractivity (Wildman–Crippen MR) is 110 cm³/mol. The molecule has 26 heavy (non-hydrogen) atoms. The number of fused-ring (bicyclic) bond motifs is 1. The molecule has 1 aromatic carbocycles. The van der Waals surface area contributed by atoms with Crippen molar-refractivity contribution in [1.82, 2.24) is 0 Å². The molecular formula is C22H23Cl3Ti+. The van der Waals surface area contributed by atoms with E-state index in [2.05, 4.69) is 68.3 Å². The molecule has 2 fully saturated rings. The zero-order chi connectivity index (χ0) is 18.6. The number of aryl methyl sites for hydroxylation is 1. The van der Waals surface area contributed by atoms with Gasteiger partial charge in [-0.2, -0.15) is 0 Å². The van der Waals surface area contributed by atoms with Crippen LogP contribution in [0.5, 0.6) is 0 Å². The Balaban J connectivity index is 0.000000447. The summed E-state index contributed by atoms with van der Waals surface area (Å²) in [6, 6.07) is 9.28. The Hall–Kier alpha value is 0.284. The second-order valence-corrected chi connectivity index (χ2v) is 14.8. The van der Waals surface area contributed by atoms with Crippen molar-refractivity contribution < 1.29 is 14.7 Å². The molecule has 135 valence electrons. The number of benzene rings is 1. The van der Waals surface area contributed by atoms with Gasteiger partial charge in [-0.1, -0.05) is 73.4 Å². The molecule has 0 N–H and O–H groups in total. The van der Waals surface area contributed by atoms with Gasteiger partial charge in [-0.25, -0.2) is 0 Å². The summed E-state index contributed by atoms with van der Waals surface area (Å²) < 4.78 is 0. The van der Waals surface area contributed by atoms with Crippen LogP contribution in [0.4, 0.5) is 0 Å². The normalized spacial score (nSPS) is 22.6. The molecule has 4 rings (SSSR count). The fourth-order valence-electron chi connectivity index (χ4n) is 4.31. The molecule has 0 saturated heterocycles. The molecule has 4 heteroatoms. The number of rotatable bonds is 2. The summed E-state index contributed by atoms with van der Waals surface area (Å²) >= 11 is -1.92. The first-order valence-corrected chi connectivity index (χ1v) is 15.5. The monoisotopic (exact) mass is 440 g/mol. The van der Waals surface area contributed by atoms with E-state index in [1.807, 2.05) is 0 Å². The van der Waals surface area contributed by atoms with Gasteiger partial charge in [-0.15, -0.1) is 0 Å². The van der Waals surface area contributed by atoms with E-state index < -0.39 is 14.7 Å². The van der Waals surface area contributed by atoms with Gasteiger partial charge in [0.15, 0.2) is 0 Å². The molecule has 1 aromatic rings. The Labute approximate surface area is 176 Å². The topological polar surface area (TPSA) is 0 Å². The van der Waals surface area contributed by atoms with Gasteiger partial charge in [0, 0.05) is 23.2 Å². The Morgan fingerprint density at radius 2 is 1.46 bits per heavy atom. The van der Waals surface area contributed by atoms with Crippen molar-refractivity contribution in [3.63, 3.8) is 0 Å². The average molecular weight is 442 g/mol. The Bertz CT molecular complexity index is 627.